The molecular weight excluding hydrogens is 638 g/mol. The van der Waals surface area contributed by atoms with Gasteiger partial charge in [0.25, 0.3) is 5.91 Å². The van der Waals surface area contributed by atoms with E-state index in [4.69, 9.17) is 19.7 Å². The van der Waals surface area contributed by atoms with Crippen LogP contribution in [0.15, 0.2) is 100 Å². The van der Waals surface area contributed by atoms with Gasteiger partial charge in [-0.05, 0) is 74.4 Å². The number of fused-ring (bicyclic) bond motifs is 1. The summed E-state index contributed by atoms with van der Waals surface area (Å²) >= 11 is 0. The first-order chi connectivity index (χ1) is 24.3. The van der Waals surface area contributed by atoms with E-state index < -0.39 is 17.7 Å². The number of ether oxygens (including phenoxy) is 1. The second-order valence-corrected chi connectivity index (χ2v) is 12.1. The van der Waals surface area contributed by atoms with Crippen molar-refractivity contribution in [2.45, 2.75) is 57.9 Å². The van der Waals surface area contributed by atoms with Crippen molar-refractivity contribution in [3.8, 4) is 11.5 Å². The highest BCUT2D eigenvalue weighted by Gasteiger charge is 2.41. The molecule has 1 aliphatic carbocycles. The number of nitrogens with zero attached hydrogens (tertiary/aromatic N) is 1. The zero-order valence-corrected chi connectivity index (χ0v) is 28.6. The molecule has 1 saturated carbocycles. The number of hydroxylamine groups is 1. The van der Waals surface area contributed by atoms with Crippen LogP contribution in [0.25, 0.3) is 11.1 Å². The van der Waals surface area contributed by atoms with E-state index in [0.29, 0.717) is 30.2 Å². The number of likely N-dealkylation sites (tertiary alicyclic amines) is 1. The van der Waals surface area contributed by atoms with Crippen molar-refractivity contribution in [3.05, 3.63) is 102 Å². The van der Waals surface area contributed by atoms with Gasteiger partial charge in [-0.15, -0.1) is 0 Å². The van der Waals surface area contributed by atoms with Crippen molar-refractivity contribution < 1.29 is 28.4 Å². The van der Waals surface area contributed by atoms with Crippen LogP contribution in [0.5, 0.6) is 11.5 Å². The summed E-state index contributed by atoms with van der Waals surface area (Å²) in [6.07, 6.45) is 11.7. The second-order valence-electron chi connectivity index (χ2n) is 12.1. The van der Waals surface area contributed by atoms with Crippen LogP contribution in [0.4, 0.5) is 5.69 Å². The zero-order chi connectivity index (χ0) is 35.7. The Labute approximate surface area is 292 Å². The quantitative estimate of drug-likeness (QED) is 0.0804. The van der Waals surface area contributed by atoms with Gasteiger partial charge >= 0.3 is 5.76 Å². The van der Waals surface area contributed by atoms with Gasteiger partial charge in [0.05, 0.1) is 19.2 Å². The molecule has 0 radical (unpaired) electrons. The first kappa shape index (κ1) is 37.3. The summed E-state index contributed by atoms with van der Waals surface area (Å²) in [6.45, 7) is 2.93. The third-order valence-electron chi connectivity index (χ3n) is 8.29. The SMILES string of the molecule is CCCCC/C=C\C1C[C@@H]1C(=O)NOc1ccccc1.COc1cccc(NCC(=O)N2CCCC2C(N)=O)c1.O=c1[nH]c2ccccc2o1. The summed E-state index contributed by atoms with van der Waals surface area (Å²) in [5.74, 6) is 0.897. The molecule has 1 saturated heterocycles. The molecule has 2 aliphatic rings. The number of primary amides is 1. The number of anilines is 1. The molecule has 6 rings (SSSR count). The molecule has 2 heterocycles. The van der Waals surface area contributed by atoms with Crippen molar-refractivity contribution in [1.82, 2.24) is 15.4 Å². The third-order valence-corrected chi connectivity index (χ3v) is 8.29. The van der Waals surface area contributed by atoms with Gasteiger partial charge in [0, 0.05) is 24.2 Å². The Morgan fingerprint density at radius 2 is 1.78 bits per heavy atom. The minimum absolute atomic E-state index is 0.0166. The lowest BCUT2D eigenvalue weighted by molar-refractivity contribution is -0.135. The van der Waals surface area contributed by atoms with Crippen molar-refractivity contribution >= 4 is 34.5 Å². The highest BCUT2D eigenvalue weighted by Crippen LogP contribution is 2.40. The predicted octanol–water partition coefficient (Wildman–Crippen LogP) is 5.57. The minimum atomic E-state index is -0.463. The van der Waals surface area contributed by atoms with Crippen molar-refractivity contribution in [3.63, 3.8) is 0 Å². The number of nitrogens with two attached hydrogens (primary N) is 1. The fraction of sp³-hybridized carbons (Fsp3) is 0.368. The number of aromatic nitrogens is 1. The minimum Gasteiger partial charge on any atom is -0.497 e. The predicted molar refractivity (Wildman–Crippen MR) is 192 cm³/mol. The molecule has 1 aliphatic heterocycles. The number of benzene rings is 3. The first-order valence-corrected chi connectivity index (χ1v) is 17.0. The number of amides is 3. The molecule has 4 aromatic rings. The molecule has 3 aromatic carbocycles. The molecule has 12 nitrogen and oxygen atoms in total. The summed E-state index contributed by atoms with van der Waals surface area (Å²) in [6, 6.07) is 23.4. The molecule has 2 unspecified atom stereocenters. The van der Waals surface area contributed by atoms with Gasteiger partial charge in [0.2, 0.25) is 11.8 Å². The number of nitrogens with one attached hydrogen (secondary N) is 3. The van der Waals surface area contributed by atoms with Crippen LogP contribution in [0, 0.1) is 11.8 Å². The molecule has 3 amide bonds. The van der Waals surface area contributed by atoms with Crippen molar-refractivity contribution in [2.24, 2.45) is 17.6 Å². The Kier molecular flexibility index (Phi) is 14.5. The number of aromatic amines is 1. The Bertz CT molecular complexity index is 1720. The fourth-order valence-electron chi connectivity index (χ4n) is 5.45. The van der Waals surface area contributed by atoms with Crippen LogP contribution in [0.2, 0.25) is 0 Å². The summed E-state index contributed by atoms with van der Waals surface area (Å²) in [4.78, 5) is 55.1. The number of carbonyl (C=O) groups is 3. The Morgan fingerprint density at radius 1 is 1.02 bits per heavy atom. The standard InChI is InChI=1S/C17H23NO2.C14H19N3O3.C7H5NO2/c1-2-3-4-5-7-10-14-13-16(14)17(19)18-20-15-11-8-6-9-12-15;1-20-11-5-2-4-10(8-11)16-9-13(18)17-7-3-6-12(17)14(15)19;9-7-8-5-3-1-2-4-6(5)10-7/h6-12,14,16H,2-5,13H2,1H3,(H,18,19);2,4-5,8,12,16H,3,6-7,9H2,1H3,(H2,15,19);1-4H,(H,8,9)/b10-7-;;/t14?,16-;;/m0../s1. The summed E-state index contributed by atoms with van der Waals surface area (Å²) < 4.78 is 9.87. The van der Waals surface area contributed by atoms with Gasteiger partial charge in [0.15, 0.2) is 11.3 Å². The lowest BCUT2D eigenvalue weighted by Gasteiger charge is -2.22. The maximum Gasteiger partial charge on any atom is 0.417 e. The highest BCUT2D eigenvalue weighted by atomic mass is 16.7. The van der Waals surface area contributed by atoms with E-state index >= 15 is 0 Å². The molecule has 50 heavy (non-hydrogen) atoms. The van der Waals surface area contributed by atoms with Crippen LogP contribution < -0.4 is 31.9 Å². The van der Waals surface area contributed by atoms with Crippen LogP contribution in [0.3, 0.4) is 0 Å². The number of para-hydroxylation sites is 3. The van der Waals surface area contributed by atoms with Gasteiger partial charge in [-0.2, -0.15) is 5.48 Å². The molecule has 1 aromatic heterocycles. The number of H-pyrrole nitrogens is 1. The third kappa shape index (κ3) is 11.9. The smallest absolute Gasteiger partial charge is 0.417 e. The zero-order valence-electron chi connectivity index (χ0n) is 28.6. The number of rotatable bonds is 13. The number of hydrogen-bond acceptors (Lipinski definition) is 8. The topological polar surface area (TPSA) is 169 Å². The number of methoxy groups -OCH3 is 1. The lowest BCUT2D eigenvalue weighted by Crippen LogP contribution is -2.45. The van der Waals surface area contributed by atoms with E-state index in [0.717, 1.165) is 36.2 Å². The lowest BCUT2D eigenvalue weighted by atomic mass is 10.2. The summed E-state index contributed by atoms with van der Waals surface area (Å²) in [7, 11) is 1.59. The summed E-state index contributed by atoms with van der Waals surface area (Å²) in [5.41, 5.74) is 9.98. The molecule has 5 N–H and O–H groups in total. The molecule has 266 valence electrons. The van der Waals surface area contributed by atoms with Crippen LogP contribution in [-0.4, -0.2) is 53.8 Å². The van der Waals surface area contributed by atoms with E-state index in [2.05, 4.69) is 34.9 Å². The fourth-order valence-corrected chi connectivity index (χ4v) is 5.45. The van der Waals surface area contributed by atoms with Gasteiger partial charge in [0.1, 0.15) is 11.8 Å². The number of unbranched alkanes of at least 4 members (excludes halogenated alkanes) is 3. The second kappa shape index (κ2) is 19.5. The van der Waals surface area contributed by atoms with E-state index in [1.807, 2.05) is 66.7 Å². The van der Waals surface area contributed by atoms with E-state index in [9.17, 15) is 19.2 Å². The molecule has 0 spiro atoms. The number of hydrogen-bond donors (Lipinski definition) is 4. The summed E-state index contributed by atoms with van der Waals surface area (Å²) in [5, 5.41) is 3.03. The monoisotopic (exact) mass is 685 g/mol. The van der Waals surface area contributed by atoms with Gasteiger partial charge in [-0.3, -0.25) is 19.4 Å². The normalized spacial score (nSPS) is 17.6. The molecular formula is C38H47N5O7. The van der Waals surface area contributed by atoms with Crippen LogP contribution >= 0.6 is 0 Å². The van der Waals surface area contributed by atoms with Gasteiger partial charge in [-0.25, -0.2) is 4.79 Å². The average Bonchev–Trinajstić information content (AvgIpc) is 3.53. The average molecular weight is 686 g/mol. The van der Waals surface area contributed by atoms with E-state index in [1.165, 1.54) is 19.3 Å². The van der Waals surface area contributed by atoms with Crippen LogP contribution in [-0.2, 0) is 14.4 Å². The molecule has 0 bridgehead atoms. The number of allylic oxidation sites excluding steroid dienone is 2. The van der Waals surface area contributed by atoms with Crippen molar-refractivity contribution in [1.29, 1.82) is 0 Å². The Balaban J connectivity index is 0.000000178. The van der Waals surface area contributed by atoms with E-state index in [1.54, 1.807) is 24.1 Å². The molecule has 12 heteroatoms. The van der Waals surface area contributed by atoms with Crippen molar-refractivity contribution in [2.75, 3.05) is 25.5 Å². The highest BCUT2D eigenvalue weighted by molar-refractivity contribution is 5.89. The van der Waals surface area contributed by atoms with Gasteiger partial charge in [-0.1, -0.05) is 68.3 Å². The van der Waals surface area contributed by atoms with Gasteiger partial charge < -0.3 is 29.9 Å². The Hall–Kier alpha value is -5.52. The number of oxazole rings is 1. The van der Waals surface area contributed by atoms with E-state index in [-0.39, 0.29) is 24.3 Å². The molecule has 2 fully saturated rings. The van der Waals surface area contributed by atoms with Crippen LogP contribution in [0.1, 0.15) is 51.9 Å². The first-order valence-electron chi connectivity index (χ1n) is 17.0. The molecule has 3 atom stereocenters. The largest absolute Gasteiger partial charge is 0.497 e. The maximum atomic E-state index is 12.1. The number of carbonyl (C=O) groups excluding carboxylic acids is 3. The maximum absolute atomic E-state index is 12.1. The Morgan fingerprint density at radius 3 is 2.52 bits per heavy atom.